The second kappa shape index (κ2) is 9.16. The van der Waals surface area contributed by atoms with Gasteiger partial charge in [-0.3, -0.25) is 0 Å². The van der Waals surface area contributed by atoms with Crippen molar-refractivity contribution in [1.82, 2.24) is 14.5 Å². The Bertz CT molecular complexity index is 873. The van der Waals surface area contributed by atoms with Crippen molar-refractivity contribution < 1.29 is 8.42 Å². The number of benzene rings is 1. The van der Waals surface area contributed by atoms with Gasteiger partial charge in [-0.2, -0.15) is 4.31 Å². The third kappa shape index (κ3) is 4.88. The minimum atomic E-state index is -3.43. The van der Waals surface area contributed by atoms with Crippen molar-refractivity contribution in [3.8, 4) is 0 Å². The van der Waals surface area contributed by atoms with Crippen LogP contribution < -0.4 is 9.80 Å². The Balaban J connectivity index is 1.60. The maximum Gasteiger partial charge on any atom is 0.236 e. The predicted octanol–water partition coefficient (Wildman–Crippen LogP) is 2.45. The van der Waals surface area contributed by atoms with Crippen molar-refractivity contribution in [2.24, 2.45) is 0 Å². The Kier molecular flexibility index (Phi) is 6.64. The molecular weight excluding hydrogens is 374 g/mol. The molecule has 7 nitrogen and oxygen atoms in total. The van der Waals surface area contributed by atoms with E-state index in [1.807, 2.05) is 42.5 Å². The van der Waals surface area contributed by atoms with Gasteiger partial charge in [-0.05, 0) is 37.6 Å². The summed E-state index contributed by atoms with van der Waals surface area (Å²) >= 11 is 0. The quantitative estimate of drug-likeness (QED) is 0.710. The first kappa shape index (κ1) is 20.3. The normalized spacial score (nSPS) is 15.9. The van der Waals surface area contributed by atoms with Crippen LogP contribution in [-0.4, -0.2) is 62.2 Å². The Labute approximate surface area is 167 Å². The van der Waals surface area contributed by atoms with Crippen LogP contribution in [0, 0.1) is 0 Å². The zero-order valence-corrected chi connectivity index (χ0v) is 17.2. The first-order valence-corrected chi connectivity index (χ1v) is 11.1. The van der Waals surface area contributed by atoms with E-state index in [4.69, 9.17) is 0 Å². The van der Waals surface area contributed by atoms with E-state index in [9.17, 15) is 8.42 Å². The highest BCUT2D eigenvalue weighted by Gasteiger charge is 2.25. The fraction of sp³-hybridized carbons (Fsp3) is 0.400. The fourth-order valence-corrected chi connectivity index (χ4v) is 4.36. The van der Waals surface area contributed by atoms with Crippen LogP contribution >= 0.6 is 0 Å². The van der Waals surface area contributed by atoms with E-state index in [1.165, 1.54) is 9.71 Å². The monoisotopic (exact) mass is 401 g/mol. The lowest BCUT2D eigenvalue weighted by molar-refractivity contribution is 0.388. The van der Waals surface area contributed by atoms with Crippen LogP contribution in [0.4, 0.5) is 11.6 Å². The number of sulfonamides is 1. The zero-order valence-electron chi connectivity index (χ0n) is 16.4. The minimum absolute atomic E-state index is 0.431. The van der Waals surface area contributed by atoms with Gasteiger partial charge in [0.25, 0.3) is 0 Å². The second-order valence-electron chi connectivity index (χ2n) is 6.57. The average Bonchev–Trinajstić information content (AvgIpc) is 2.75. The molecule has 150 valence electrons. The molecule has 1 aliphatic heterocycles. The molecule has 1 fully saturated rings. The number of anilines is 2. The third-order valence-corrected chi connectivity index (χ3v) is 6.44. The van der Waals surface area contributed by atoms with Gasteiger partial charge >= 0.3 is 0 Å². The lowest BCUT2D eigenvalue weighted by Crippen LogP contribution is -2.48. The smallest absolute Gasteiger partial charge is 0.236 e. The predicted molar refractivity (Wildman–Crippen MR) is 114 cm³/mol. The summed E-state index contributed by atoms with van der Waals surface area (Å²) in [6, 6.07) is 13.4. The van der Waals surface area contributed by atoms with Gasteiger partial charge in [0.1, 0.15) is 0 Å². The minimum Gasteiger partial charge on any atom is -0.356 e. The van der Waals surface area contributed by atoms with Crippen LogP contribution in [0.2, 0.25) is 0 Å². The van der Waals surface area contributed by atoms with Crippen molar-refractivity contribution in [3.63, 3.8) is 0 Å². The summed E-state index contributed by atoms with van der Waals surface area (Å²) < 4.78 is 26.7. The molecule has 1 aliphatic rings. The molecule has 0 aliphatic carbocycles. The van der Waals surface area contributed by atoms with Gasteiger partial charge in [-0.1, -0.05) is 30.3 Å². The summed E-state index contributed by atoms with van der Waals surface area (Å²) in [5.74, 6) is 1.65. The fourth-order valence-electron chi connectivity index (χ4n) is 3.19. The van der Waals surface area contributed by atoms with Crippen LogP contribution in [0.5, 0.6) is 0 Å². The van der Waals surface area contributed by atoms with Gasteiger partial charge in [0, 0.05) is 44.7 Å². The summed E-state index contributed by atoms with van der Waals surface area (Å²) in [6.45, 7) is 8.00. The van der Waals surface area contributed by atoms with Crippen LogP contribution in [0.15, 0.2) is 47.9 Å². The Morgan fingerprint density at radius 2 is 1.64 bits per heavy atom. The van der Waals surface area contributed by atoms with E-state index in [0.717, 1.165) is 30.3 Å². The van der Waals surface area contributed by atoms with Crippen molar-refractivity contribution in [2.45, 2.75) is 13.8 Å². The van der Waals surface area contributed by atoms with Crippen LogP contribution in [0.1, 0.15) is 19.4 Å². The van der Waals surface area contributed by atoms with Gasteiger partial charge in [-0.25, -0.2) is 8.42 Å². The maximum absolute atomic E-state index is 12.6. The number of piperazine rings is 1. The van der Waals surface area contributed by atoms with Crippen LogP contribution in [0.25, 0.3) is 6.08 Å². The summed E-state index contributed by atoms with van der Waals surface area (Å²) in [4.78, 5) is 4.21. The summed E-state index contributed by atoms with van der Waals surface area (Å²) in [5, 5.41) is 9.94. The van der Waals surface area contributed by atoms with E-state index in [1.54, 1.807) is 6.08 Å². The number of rotatable bonds is 7. The molecule has 2 aromatic rings. The largest absolute Gasteiger partial charge is 0.356 e. The molecule has 0 atom stereocenters. The lowest BCUT2D eigenvalue weighted by atomic mass is 10.2. The standard InChI is InChI=1S/C20H27N5O2S/c1-3-23(4-2)19-10-11-20(22-21-19)24-13-15-25(16-14-24)28(26,27)17-12-18-8-6-5-7-9-18/h5-12,17H,3-4,13-16H2,1-2H3/b17-12+. The van der Waals surface area contributed by atoms with Gasteiger partial charge in [0.2, 0.25) is 10.0 Å². The molecule has 1 aromatic heterocycles. The van der Waals surface area contributed by atoms with Crippen molar-refractivity contribution >= 4 is 27.7 Å². The molecular formula is C20H27N5O2S. The van der Waals surface area contributed by atoms with Gasteiger partial charge in [0.05, 0.1) is 0 Å². The molecule has 1 aromatic carbocycles. The summed E-state index contributed by atoms with van der Waals surface area (Å²) in [6.07, 6.45) is 1.64. The Hall–Kier alpha value is -2.45. The maximum atomic E-state index is 12.6. The SMILES string of the molecule is CCN(CC)c1ccc(N2CCN(S(=O)(=O)/C=C/c3ccccc3)CC2)nn1. The summed E-state index contributed by atoms with van der Waals surface area (Å²) in [7, 11) is -3.43. The molecule has 8 heteroatoms. The lowest BCUT2D eigenvalue weighted by Gasteiger charge is -2.34. The van der Waals surface area contributed by atoms with Crippen molar-refractivity contribution in [1.29, 1.82) is 0 Å². The molecule has 0 spiro atoms. The first-order chi connectivity index (χ1) is 13.5. The van der Waals surface area contributed by atoms with Crippen molar-refractivity contribution in [3.05, 3.63) is 53.4 Å². The highest BCUT2D eigenvalue weighted by atomic mass is 32.2. The molecule has 0 radical (unpaired) electrons. The molecule has 0 unspecified atom stereocenters. The number of hydrogen-bond donors (Lipinski definition) is 0. The summed E-state index contributed by atoms with van der Waals surface area (Å²) in [5.41, 5.74) is 0.869. The molecule has 0 saturated carbocycles. The number of nitrogens with zero attached hydrogens (tertiary/aromatic N) is 5. The van der Waals surface area contributed by atoms with Gasteiger partial charge in [-0.15, -0.1) is 10.2 Å². The Morgan fingerprint density at radius 3 is 2.21 bits per heavy atom. The van der Waals surface area contributed by atoms with E-state index in [0.29, 0.717) is 26.2 Å². The molecule has 0 bridgehead atoms. The zero-order chi connectivity index (χ0) is 20.0. The molecule has 0 amide bonds. The highest BCUT2D eigenvalue weighted by Crippen LogP contribution is 2.18. The molecule has 28 heavy (non-hydrogen) atoms. The van der Waals surface area contributed by atoms with Gasteiger partial charge in [0.15, 0.2) is 11.6 Å². The molecule has 3 rings (SSSR count). The van der Waals surface area contributed by atoms with Crippen LogP contribution in [0.3, 0.4) is 0 Å². The highest BCUT2D eigenvalue weighted by molar-refractivity contribution is 7.92. The topological polar surface area (TPSA) is 69.6 Å². The van der Waals surface area contributed by atoms with Crippen molar-refractivity contribution in [2.75, 3.05) is 49.1 Å². The molecule has 1 saturated heterocycles. The van der Waals surface area contributed by atoms with E-state index < -0.39 is 10.0 Å². The van der Waals surface area contributed by atoms with Crippen LogP contribution in [-0.2, 0) is 10.0 Å². The van der Waals surface area contributed by atoms with E-state index in [2.05, 4.69) is 33.8 Å². The van der Waals surface area contributed by atoms with E-state index in [-0.39, 0.29) is 0 Å². The molecule has 0 N–H and O–H groups in total. The van der Waals surface area contributed by atoms with E-state index >= 15 is 0 Å². The average molecular weight is 402 g/mol. The number of hydrogen-bond acceptors (Lipinski definition) is 6. The van der Waals surface area contributed by atoms with Gasteiger partial charge < -0.3 is 9.80 Å². The number of aromatic nitrogens is 2. The first-order valence-electron chi connectivity index (χ1n) is 9.60. The third-order valence-electron chi connectivity index (χ3n) is 4.88. The second-order valence-corrected chi connectivity index (χ2v) is 8.39. The Morgan fingerprint density at radius 1 is 0.964 bits per heavy atom. The molecule has 2 heterocycles.